The summed E-state index contributed by atoms with van der Waals surface area (Å²) in [7, 11) is 0. The number of hydrogen-bond acceptors (Lipinski definition) is 5. The lowest BCUT2D eigenvalue weighted by Crippen LogP contribution is -2.23. The lowest BCUT2D eigenvalue weighted by molar-refractivity contribution is -0.384. The molecular formula is C25H22N4O4. The van der Waals surface area contributed by atoms with Crippen LogP contribution in [0.5, 0.6) is 0 Å². The first-order chi connectivity index (χ1) is 16.1. The number of nitrogens with one attached hydrogen (secondary N) is 1. The number of ether oxygens (including phenoxy) is 1. The summed E-state index contributed by atoms with van der Waals surface area (Å²) in [5, 5.41) is 14.4. The van der Waals surface area contributed by atoms with Gasteiger partial charge in [-0.25, -0.2) is 4.98 Å². The van der Waals surface area contributed by atoms with Gasteiger partial charge in [-0.2, -0.15) is 0 Å². The summed E-state index contributed by atoms with van der Waals surface area (Å²) in [6.07, 6.45) is 4.61. The van der Waals surface area contributed by atoms with Crippen molar-refractivity contribution >= 4 is 11.6 Å². The Kier molecular flexibility index (Phi) is 6.87. The molecule has 8 nitrogen and oxygen atoms in total. The highest BCUT2D eigenvalue weighted by Gasteiger charge is 2.19. The number of hydrogen-bond donors (Lipinski definition) is 1. The molecule has 1 heterocycles. The van der Waals surface area contributed by atoms with E-state index in [1.807, 2.05) is 54.6 Å². The van der Waals surface area contributed by atoms with Crippen LogP contribution in [0.1, 0.15) is 27.0 Å². The number of aromatic nitrogens is 2. The van der Waals surface area contributed by atoms with Crippen LogP contribution in [-0.4, -0.2) is 20.4 Å². The van der Waals surface area contributed by atoms with Gasteiger partial charge in [-0.15, -0.1) is 0 Å². The molecule has 0 aliphatic rings. The maximum Gasteiger partial charge on any atom is 0.294 e. The van der Waals surface area contributed by atoms with Crippen LogP contribution in [0.3, 0.4) is 0 Å². The third-order valence-corrected chi connectivity index (χ3v) is 5.14. The zero-order valence-electron chi connectivity index (χ0n) is 17.8. The fraction of sp³-hybridized carbons (Fsp3) is 0.120. The Balaban J connectivity index is 1.42. The monoisotopic (exact) mass is 442 g/mol. The van der Waals surface area contributed by atoms with Gasteiger partial charge in [0, 0.05) is 30.6 Å². The third kappa shape index (κ3) is 5.50. The van der Waals surface area contributed by atoms with E-state index in [0.29, 0.717) is 18.9 Å². The van der Waals surface area contributed by atoms with E-state index in [2.05, 4.69) is 10.3 Å². The molecule has 0 atom stereocenters. The highest BCUT2D eigenvalue weighted by molar-refractivity contribution is 5.95. The van der Waals surface area contributed by atoms with Crippen LogP contribution < -0.4 is 5.32 Å². The lowest BCUT2D eigenvalue weighted by atomic mass is 10.1. The summed E-state index contributed by atoms with van der Waals surface area (Å²) in [5.74, 6) is -0.393. The first-order valence-electron chi connectivity index (χ1n) is 10.4. The Morgan fingerprint density at radius 3 is 2.48 bits per heavy atom. The average molecular weight is 442 g/mol. The lowest BCUT2D eigenvalue weighted by Gasteiger charge is -2.12. The largest absolute Gasteiger partial charge is 0.372 e. The summed E-state index contributed by atoms with van der Waals surface area (Å²) in [6, 6.07) is 22.0. The van der Waals surface area contributed by atoms with Crippen molar-refractivity contribution in [3.8, 4) is 5.69 Å². The number of nitrogens with zero attached hydrogens (tertiary/aromatic N) is 3. The standard InChI is InChI=1S/C25H22N4O4/c30-25(20-10-11-23(24(14-20)29(31)32)28-13-12-26-18-28)27-15-21-8-4-5-9-22(21)17-33-16-19-6-2-1-3-7-19/h1-14,18H,15-17H2,(H,27,30). The van der Waals surface area contributed by atoms with Gasteiger partial charge in [-0.05, 0) is 28.8 Å². The molecule has 1 N–H and O–H groups in total. The van der Waals surface area contributed by atoms with Gasteiger partial charge < -0.3 is 14.6 Å². The van der Waals surface area contributed by atoms with Crippen molar-refractivity contribution in [2.45, 2.75) is 19.8 Å². The molecule has 0 saturated heterocycles. The minimum Gasteiger partial charge on any atom is -0.372 e. The molecule has 0 aliphatic heterocycles. The predicted octanol–water partition coefficient (Wildman–Crippen LogP) is 4.43. The molecule has 166 valence electrons. The maximum atomic E-state index is 12.7. The van der Waals surface area contributed by atoms with E-state index >= 15 is 0 Å². The normalized spacial score (nSPS) is 10.7. The SMILES string of the molecule is O=C(NCc1ccccc1COCc1ccccc1)c1ccc(-n2ccnc2)c([N+](=O)[O-])c1. The zero-order chi connectivity index (χ0) is 23.0. The second-order valence-electron chi connectivity index (χ2n) is 7.36. The molecule has 0 unspecified atom stereocenters. The fourth-order valence-corrected chi connectivity index (χ4v) is 3.43. The molecule has 4 rings (SSSR count). The smallest absolute Gasteiger partial charge is 0.294 e. The van der Waals surface area contributed by atoms with E-state index in [1.165, 1.54) is 23.2 Å². The molecule has 0 saturated carbocycles. The maximum absolute atomic E-state index is 12.7. The van der Waals surface area contributed by atoms with Crippen molar-refractivity contribution in [2.24, 2.45) is 0 Å². The molecule has 4 aromatic rings. The molecule has 1 aromatic heterocycles. The van der Waals surface area contributed by atoms with E-state index in [1.54, 1.807) is 18.3 Å². The van der Waals surface area contributed by atoms with Crippen molar-refractivity contribution in [2.75, 3.05) is 0 Å². The van der Waals surface area contributed by atoms with Crippen molar-refractivity contribution in [3.05, 3.63) is 124 Å². The van der Waals surface area contributed by atoms with E-state index in [4.69, 9.17) is 4.74 Å². The summed E-state index contributed by atoms with van der Waals surface area (Å²) >= 11 is 0. The minimum atomic E-state index is -0.508. The molecule has 3 aromatic carbocycles. The highest BCUT2D eigenvalue weighted by Crippen LogP contribution is 2.24. The number of carbonyl (C=O) groups excluding carboxylic acids is 1. The van der Waals surface area contributed by atoms with Crippen molar-refractivity contribution in [3.63, 3.8) is 0 Å². The summed E-state index contributed by atoms with van der Waals surface area (Å²) in [6.45, 7) is 1.18. The van der Waals surface area contributed by atoms with E-state index < -0.39 is 10.8 Å². The Bertz CT molecular complexity index is 1240. The van der Waals surface area contributed by atoms with Gasteiger partial charge in [0.2, 0.25) is 0 Å². The van der Waals surface area contributed by atoms with Gasteiger partial charge in [-0.3, -0.25) is 14.9 Å². The van der Waals surface area contributed by atoms with E-state index in [0.717, 1.165) is 16.7 Å². The third-order valence-electron chi connectivity index (χ3n) is 5.14. The number of rotatable bonds is 9. The van der Waals surface area contributed by atoms with Crippen LogP contribution >= 0.6 is 0 Å². The van der Waals surface area contributed by atoms with Crippen LogP contribution in [-0.2, 0) is 24.5 Å². The van der Waals surface area contributed by atoms with Gasteiger partial charge in [0.1, 0.15) is 5.69 Å². The van der Waals surface area contributed by atoms with Crippen molar-refractivity contribution in [1.29, 1.82) is 0 Å². The van der Waals surface area contributed by atoms with Gasteiger partial charge >= 0.3 is 0 Å². The Hall–Kier alpha value is -4.30. The minimum absolute atomic E-state index is 0.171. The van der Waals surface area contributed by atoms with E-state index in [-0.39, 0.29) is 17.8 Å². The molecule has 0 aliphatic carbocycles. The molecule has 0 spiro atoms. The van der Waals surface area contributed by atoms with Crippen molar-refractivity contribution in [1.82, 2.24) is 14.9 Å². The van der Waals surface area contributed by atoms with E-state index in [9.17, 15) is 14.9 Å². The second-order valence-corrected chi connectivity index (χ2v) is 7.36. The quantitative estimate of drug-likeness (QED) is 0.305. The number of carbonyl (C=O) groups is 1. The Morgan fingerprint density at radius 1 is 1.00 bits per heavy atom. The number of nitro groups is 1. The molecule has 1 amide bonds. The van der Waals surface area contributed by atoms with Crippen molar-refractivity contribution < 1.29 is 14.5 Å². The number of amides is 1. The van der Waals surface area contributed by atoms with Gasteiger partial charge in [0.25, 0.3) is 11.6 Å². The number of imidazole rings is 1. The summed E-state index contributed by atoms with van der Waals surface area (Å²) in [5.41, 5.74) is 3.36. The van der Waals surface area contributed by atoms with Crippen LogP contribution in [0.25, 0.3) is 5.69 Å². The zero-order valence-corrected chi connectivity index (χ0v) is 17.8. The van der Waals surface area contributed by atoms with Gasteiger partial charge in [0.05, 0.1) is 24.5 Å². The molecule has 8 heteroatoms. The van der Waals surface area contributed by atoms with Crippen LogP contribution in [0.15, 0.2) is 91.5 Å². The average Bonchev–Trinajstić information content (AvgIpc) is 3.38. The summed E-state index contributed by atoms with van der Waals surface area (Å²) < 4.78 is 7.37. The van der Waals surface area contributed by atoms with Gasteiger partial charge in [0.15, 0.2) is 0 Å². The topological polar surface area (TPSA) is 99.3 Å². The molecule has 0 fully saturated rings. The Morgan fingerprint density at radius 2 is 1.76 bits per heavy atom. The summed E-state index contributed by atoms with van der Waals surface area (Å²) in [4.78, 5) is 27.7. The number of benzene rings is 3. The second kappa shape index (κ2) is 10.3. The van der Waals surface area contributed by atoms with Crippen LogP contribution in [0.2, 0.25) is 0 Å². The number of nitro benzene ring substituents is 1. The fourth-order valence-electron chi connectivity index (χ4n) is 3.43. The van der Waals surface area contributed by atoms with Crippen LogP contribution in [0.4, 0.5) is 5.69 Å². The van der Waals surface area contributed by atoms with Gasteiger partial charge in [-0.1, -0.05) is 54.6 Å². The van der Waals surface area contributed by atoms with Crippen LogP contribution in [0, 0.1) is 10.1 Å². The first kappa shape index (κ1) is 21.9. The Labute approximate surface area is 190 Å². The molecular weight excluding hydrogens is 420 g/mol. The predicted molar refractivity (Wildman–Crippen MR) is 123 cm³/mol. The molecule has 0 bridgehead atoms. The highest BCUT2D eigenvalue weighted by atomic mass is 16.6. The first-order valence-corrected chi connectivity index (χ1v) is 10.4. The molecule has 0 radical (unpaired) electrons. The molecule has 33 heavy (non-hydrogen) atoms.